The molecule has 0 amide bonds. The molecule has 0 fully saturated rings. The lowest BCUT2D eigenvalue weighted by molar-refractivity contribution is 0.0600. The Balaban J connectivity index is 2.10. The van der Waals surface area contributed by atoms with Gasteiger partial charge in [0.05, 0.1) is 24.9 Å². The molecule has 1 N–H and O–H groups in total. The smallest absolute Gasteiger partial charge is 0.341 e. The van der Waals surface area contributed by atoms with E-state index in [-0.39, 0.29) is 12.1 Å². The average Bonchev–Trinajstić information content (AvgIpc) is 2.93. The molecule has 1 aromatic heterocycles. The van der Waals surface area contributed by atoms with E-state index in [0.717, 1.165) is 0 Å². The predicted molar refractivity (Wildman–Crippen MR) is 68.5 cm³/mol. The molecule has 0 aliphatic heterocycles. The quantitative estimate of drug-likeness (QED) is 0.867. The highest BCUT2D eigenvalue weighted by Crippen LogP contribution is 2.19. The minimum Gasteiger partial charge on any atom is -0.467 e. The highest BCUT2D eigenvalue weighted by Gasteiger charge is 2.11. The highest BCUT2D eigenvalue weighted by molar-refractivity contribution is 5.89. The first-order valence-electron chi connectivity index (χ1n) is 5.74. The maximum Gasteiger partial charge on any atom is 0.341 e. The molecular weight excluding hydrogens is 263 g/mol. The Labute approximate surface area is 114 Å². The molecule has 0 aliphatic rings. The van der Waals surface area contributed by atoms with Gasteiger partial charge in [-0.1, -0.05) is 6.07 Å². The van der Waals surface area contributed by atoms with Gasteiger partial charge in [0.1, 0.15) is 29.5 Å². The number of methoxy groups -OCH3 is 1. The highest BCUT2D eigenvalue weighted by atomic mass is 19.1. The van der Waals surface area contributed by atoms with E-state index < -0.39 is 11.8 Å². The Morgan fingerprint density at radius 2 is 2.35 bits per heavy atom. The van der Waals surface area contributed by atoms with E-state index in [9.17, 15) is 9.18 Å². The van der Waals surface area contributed by atoms with Gasteiger partial charge in [0.2, 0.25) is 0 Å². The van der Waals surface area contributed by atoms with Crippen molar-refractivity contribution in [2.45, 2.75) is 6.54 Å². The number of hydrogen-bond acceptors (Lipinski definition) is 5. The summed E-state index contributed by atoms with van der Waals surface area (Å²) in [6.07, 6.45) is 1.28. The minimum absolute atomic E-state index is 0.0627. The molecule has 0 unspecified atom stereocenters. The van der Waals surface area contributed by atoms with Gasteiger partial charge in [-0.05, 0) is 18.2 Å². The number of esters is 1. The number of benzene rings is 1. The lowest BCUT2D eigenvalue weighted by atomic mass is 10.2. The van der Waals surface area contributed by atoms with E-state index >= 15 is 0 Å². The second-order valence-corrected chi connectivity index (χ2v) is 3.92. The molecule has 6 heteroatoms. The van der Waals surface area contributed by atoms with Crippen LogP contribution in [-0.2, 0) is 11.3 Å². The van der Waals surface area contributed by atoms with E-state index in [1.807, 2.05) is 0 Å². The van der Waals surface area contributed by atoms with Crippen molar-refractivity contribution in [3.63, 3.8) is 0 Å². The van der Waals surface area contributed by atoms with Gasteiger partial charge in [-0.2, -0.15) is 5.26 Å². The van der Waals surface area contributed by atoms with Gasteiger partial charge < -0.3 is 14.5 Å². The van der Waals surface area contributed by atoms with Crippen molar-refractivity contribution < 1.29 is 18.3 Å². The van der Waals surface area contributed by atoms with Gasteiger partial charge in [-0.25, -0.2) is 9.18 Å². The largest absolute Gasteiger partial charge is 0.467 e. The number of halogens is 1. The number of nitrogens with one attached hydrogen (secondary N) is 1. The van der Waals surface area contributed by atoms with Crippen LogP contribution in [-0.4, -0.2) is 13.1 Å². The molecule has 2 rings (SSSR count). The number of furan rings is 1. The van der Waals surface area contributed by atoms with Gasteiger partial charge >= 0.3 is 5.97 Å². The summed E-state index contributed by atoms with van der Waals surface area (Å²) in [5.74, 6) is -0.616. The van der Waals surface area contributed by atoms with Crippen LogP contribution in [0.5, 0.6) is 0 Å². The van der Waals surface area contributed by atoms with Crippen molar-refractivity contribution in [3.8, 4) is 6.07 Å². The van der Waals surface area contributed by atoms with Crippen LogP contribution < -0.4 is 5.32 Å². The lowest BCUT2D eigenvalue weighted by Crippen LogP contribution is -2.02. The summed E-state index contributed by atoms with van der Waals surface area (Å²) in [5.41, 5.74) is 0.597. The zero-order valence-electron chi connectivity index (χ0n) is 10.6. The molecule has 2 aromatic rings. The van der Waals surface area contributed by atoms with Crippen LogP contribution in [0, 0.1) is 17.1 Å². The Kier molecular flexibility index (Phi) is 4.01. The number of ether oxygens (including phenoxy) is 1. The number of rotatable bonds is 4. The van der Waals surface area contributed by atoms with E-state index in [4.69, 9.17) is 9.68 Å². The van der Waals surface area contributed by atoms with Gasteiger partial charge in [0.25, 0.3) is 0 Å². The van der Waals surface area contributed by atoms with Crippen molar-refractivity contribution in [1.82, 2.24) is 0 Å². The number of anilines is 1. The standard InChI is InChI=1S/C14H11FN2O3/c1-19-14(18)9-5-10(20-8-9)7-17-13-4-2-3-12(15)11(13)6-16/h2-5,8,17H,7H2,1H3. The number of hydrogen-bond donors (Lipinski definition) is 1. The van der Waals surface area contributed by atoms with Crippen LogP contribution in [0.25, 0.3) is 0 Å². The van der Waals surface area contributed by atoms with Crippen LogP contribution in [0.2, 0.25) is 0 Å². The Morgan fingerprint density at radius 1 is 1.55 bits per heavy atom. The number of nitrogens with zero attached hydrogens (tertiary/aromatic N) is 1. The van der Waals surface area contributed by atoms with Gasteiger partial charge in [0, 0.05) is 0 Å². The number of carbonyl (C=O) groups is 1. The fourth-order valence-electron chi connectivity index (χ4n) is 1.67. The third-order valence-electron chi connectivity index (χ3n) is 2.65. The first-order chi connectivity index (χ1) is 9.65. The van der Waals surface area contributed by atoms with Crippen LogP contribution in [0.1, 0.15) is 21.7 Å². The SMILES string of the molecule is COC(=O)c1coc(CNc2cccc(F)c2C#N)c1. The molecule has 102 valence electrons. The summed E-state index contributed by atoms with van der Waals surface area (Å²) in [6, 6.07) is 7.61. The molecule has 0 saturated carbocycles. The number of nitriles is 1. The molecule has 0 spiro atoms. The van der Waals surface area contributed by atoms with Crippen molar-refractivity contribution in [2.24, 2.45) is 0 Å². The third kappa shape index (κ3) is 2.78. The summed E-state index contributed by atoms with van der Waals surface area (Å²) in [6.45, 7) is 0.217. The Bertz CT molecular complexity index is 673. The topological polar surface area (TPSA) is 75.3 Å². The summed E-state index contributed by atoms with van der Waals surface area (Å²) < 4.78 is 23.1. The van der Waals surface area contributed by atoms with Gasteiger partial charge in [-0.15, -0.1) is 0 Å². The molecule has 1 aromatic carbocycles. The summed E-state index contributed by atoms with van der Waals surface area (Å²) in [5, 5.41) is 11.8. The van der Waals surface area contributed by atoms with Crippen molar-refractivity contribution >= 4 is 11.7 Å². The van der Waals surface area contributed by atoms with Gasteiger partial charge in [-0.3, -0.25) is 0 Å². The molecule has 0 atom stereocenters. The number of carbonyl (C=O) groups excluding carboxylic acids is 1. The lowest BCUT2D eigenvalue weighted by Gasteiger charge is -2.06. The monoisotopic (exact) mass is 274 g/mol. The molecule has 0 bridgehead atoms. The first kappa shape index (κ1) is 13.6. The van der Waals surface area contributed by atoms with Crippen molar-refractivity contribution in [2.75, 3.05) is 12.4 Å². The summed E-state index contributed by atoms with van der Waals surface area (Å²) in [7, 11) is 1.28. The Hall–Kier alpha value is -2.81. The van der Waals surface area contributed by atoms with Crippen molar-refractivity contribution in [1.29, 1.82) is 5.26 Å². The fourth-order valence-corrected chi connectivity index (χ4v) is 1.67. The maximum absolute atomic E-state index is 13.4. The van der Waals surface area contributed by atoms with Crippen LogP contribution in [0.3, 0.4) is 0 Å². The molecule has 1 heterocycles. The molecular formula is C14H11FN2O3. The molecule has 0 aliphatic carbocycles. The van der Waals surface area contributed by atoms with E-state index in [1.54, 1.807) is 12.1 Å². The second kappa shape index (κ2) is 5.89. The molecule has 5 nitrogen and oxygen atoms in total. The van der Waals surface area contributed by atoms with Crippen LogP contribution in [0.4, 0.5) is 10.1 Å². The third-order valence-corrected chi connectivity index (χ3v) is 2.65. The maximum atomic E-state index is 13.4. The molecule has 0 radical (unpaired) electrons. The normalized spacial score (nSPS) is 9.85. The first-order valence-corrected chi connectivity index (χ1v) is 5.74. The molecule has 20 heavy (non-hydrogen) atoms. The zero-order valence-corrected chi connectivity index (χ0v) is 10.6. The Morgan fingerprint density at radius 3 is 3.05 bits per heavy atom. The predicted octanol–water partition coefficient (Wildman–Crippen LogP) is 2.69. The van der Waals surface area contributed by atoms with E-state index in [1.165, 1.54) is 31.6 Å². The summed E-state index contributed by atoms with van der Waals surface area (Å²) >= 11 is 0. The average molecular weight is 274 g/mol. The van der Waals surface area contributed by atoms with E-state index in [0.29, 0.717) is 17.0 Å². The van der Waals surface area contributed by atoms with E-state index in [2.05, 4.69) is 10.1 Å². The molecule has 0 saturated heterocycles. The summed E-state index contributed by atoms with van der Waals surface area (Å²) in [4.78, 5) is 11.3. The van der Waals surface area contributed by atoms with Crippen LogP contribution >= 0.6 is 0 Å². The fraction of sp³-hybridized carbons (Fsp3) is 0.143. The van der Waals surface area contributed by atoms with Crippen LogP contribution in [0.15, 0.2) is 34.9 Å². The second-order valence-electron chi connectivity index (χ2n) is 3.92. The zero-order chi connectivity index (χ0) is 14.5. The van der Waals surface area contributed by atoms with Crippen molar-refractivity contribution in [3.05, 3.63) is 53.2 Å². The minimum atomic E-state index is -0.591. The van der Waals surface area contributed by atoms with Gasteiger partial charge in [0.15, 0.2) is 0 Å².